The molecule has 4 heterocycles. The maximum Gasteiger partial charge on any atom is 0.182 e. The molecule has 0 N–H and O–H groups in total. The molecule has 0 bridgehead atoms. The number of pyridine rings is 1. The lowest BCUT2D eigenvalue weighted by atomic mass is 10.1. The Labute approximate surface area is 145 Å². The van der Waals surface area contributed by atoms with Crippen LogP contribution in [-0.4, -0.2) is 36.5 Å². The SMILES string of the molecule is COc1cnccc1-c1cnn(-c2cnn3ccc(I)nc23)c1. The van der Waals surface area contributed by atoms with Crippen LogP contribution in [0.25, 0.3) is 22.5 Å². The lowest BCUT2D eigenvalue weighted by Crippen LogP contribution is -1.97. The van der Waals surface area contributed by atoms with E-state index in [1.807, 2.05) is 24.5 Å². The second-order valence-corrected chi connectivity index (χ2v) is 5.90. The number of fused-ring (bicyclic) bond motifs is 1. The summed E-state index contributed by atoms with van der Waals surface area (Å²) in [6, 6.07) is 3.80. The molecule has 0 spiro atoms. The summed E-state index contributed by atoms with van der Waals surface area (Å²) in [5.74, 6) is 0.708. The summed E-state index contributed by atoms with van der Waals surface area (Å²) < 4.78 is 9.75. The van der Waals surface area contributed by atoms with Crippen molar-refractivity contribution in [3.05, 3.63) is 53.0 Å². The van der Waals surface area contributed by atoms with Crippen LogP contribution in [-0.2, 0) is 0 Å². The van der Waals surface area contributed by atoms with Crippen molar-refractivity contribution in [1.82, 2.24) is 29.4 Å². The van der Waals surface area contributed by atoms with Gasteiger partial charge in [-0.2, -0.15) is 10.2 Å². The van der Waals surface area contributed by atoms with E-state index in [-0.39, 0.29) is 0 Å². The Kier molecular flexibility index (Phi) is 3.45. The van der Waals surface area contributed by atoms with Crippen molar-refractivity contribution in [3.63, 3.8) is 0 Å². The van der Waals surface area contributed by atoms with Crippen molar-refractivity contribution in [1.29, 1.82) is 0 Å². The average Bonchev–Trinajstić information content (AvgIpc) is 3.21. The molecule has 0 aromatic carbocycles. The summed E-state index contributed by atoms with van der Waals surface area (Å²) in [5.41, 5.74) is 3.46. The molecule has 0 saturated heterocycles. The Balaban J connectivity index is 1.82. The summed E-state index contributed by atoms with van der Waals surface area (Å²) in [4.78, 5) is 8.59. The second kappa shape index (κ2) is 5.61. The van der Waals surface area contributed by atoms with Crippen LogP contribution in [0, 0.1) is 3.70 Å². The van der Waals surface area contributed by atoms with E-state index in [2.05, 4.69) is 42.8 Å². The van der Waals surface area contributed by atoms with Gasteiger partial charge in [0.25, 0.3) is 0 Å². The topological polar surface area (TPSA) is 70.1 Å². The normalized spacial score (nSPS) is 11.0. The van der Waals surface area contributed by atoms with Crippen molar-refractivity contribution >= 4 is 28.2 Å². The molecule has 23 heavy (non-hydrogen) atoms. The fourth-order valence-electron chi connectivity index (χ4n) is 2.37. The summed E-state index contributed by atoms with van der Waals surface area (Å²) in [7, 11) is 1.63. The molecular formula is C15H11IN6O. The van der Waals surface area contributed by atoms with E-state index in [4.69, 9.17) is 4.74 Å². The molecule has 0 saturated carbocycles. The van der Waals surface area contributed by atoms with Gasteiger partial charge in [0.2, 0.25) is 0 Å². The first kappa shape index (κ1) is 14.1. The van der Waals surface area contributed by atoms with E-state index >= 15 is 0 Å². The van der Waals surface area contributed by atoms with Gasteiger partial charge in [-0.25, -0.2) is 14.2 Å². The summed E-state index contributed by atoms with van der Waals surface area (Å²) in [5, 5.41) is 8.74. The quantitative estimate of drug-likeness (QED) is 0.378. The maximum atomic E-state index is 5.36. The van der Waals surface area contributed by atoms with Gasteiger partial charge in [-0.15, -0.1) is 0 Å². The number of ether oxygens (including phenoxy) is 1. The van der Waals surface area contributed by atoms with Crippen LogP contribution < -0.4 is 4.74 Å². The number of aromatic nitrogens is 6. The zero-order valence-corrected chi connectivity index (χ0v) is 14.2. The minimum absolute atomic E-state index is 0.708. The fraction of sp³-hybridized carbons (Fsp3) is 0.0667. The van der Waals surface area contributed by atoms with Crippen LogP contribution >= 0.6 is 22.6 Å². The monoisotopic (exact) mass is 418 g/mol. The van der Waals surface area contributed by atoms with Crippen molar-refractivity contribution in [3.8, 4) is 22.6 Å². The molecule has 0 radical (unpaired) electrons. The predicted molar refractivity (Wildman–Crippen MR) is 92.6 cm³/mol. The van der Waals surface area contributed by atoms with Gasteiger partial charge in [0.15, 0.2) is 5.65 Å². The largest absolute Gasteiger partial charge is 0.494 e. The highest BCUT2D eigenvalue weighted by Gasteiger charge is 2.12. The number of halogens is 1. The van der Waals surface area contributed by atoms with Gasteiger partial charge >= 0.3 is 0 Å². The number of hydrogen-bond donors (Lipinski definition) is 0. The Morgan fingerprint density at radius 3 is 2.91 bits per heavy atom. The molecule has 8 heteroatoms. The Hall–Kier alpha value is -2.49. The van der Waals surface area contributed by atoms with Crippen molar-refractivity contribution in [2.75, 3.05) is 7.11 Å². The van der Waals surface area contributed by atoms with Crippen LogP contribution in [0.3, 0.4) is 0 Å². The zero-order chi connectivity index (χ0) is 15.8. The third-order valence-corrected chi connectivity index (χ3v) is 4.06. The third-order valence-electron chi connectivity index (χ3n) is 3.46. The molecule has 7 nitrogen and oxygen atoms in total. The number of nitrogens with zero attached hydrogens (tertiary/aromatic N) is 6. The third kappa shape index (κ3) is 2.44. The van der Waals surface area contributed by atoms with E-state index in [1.54, 1.807) is 41.1 Å². The Bertz CT molecular complexity index is 992. The summed E-state index contributed by atoms with van der Waals surface area (Å²) >= 11 is 2.18. The standard InChI is InChI=1S/C15H11IN6O/c1-23-13-8-17-4-2-11(13)10-6-18-22(9-10)12-7-19-21-5-3-14(16)20-15(12)21/h2-9H,1H3. The van der Waals surface area contributed by atoms with Gasteiger partial charge in [-0.05, 0) is 34.7 Å². The second-order valence-electron chi connectivity index (χ2n) is 4.80. The van der Waals surface area contributed by atoms with Crippen molar-refractivity contribution in [2.24, 2.45) is 0 Å². The van der Waals surface area contributed by atoms with Crippen molar-refractivity contribution in [2.45, 2.75) is 0 Å². The zero-order valence-electron chi connectivity index (χ0n) is 12.1. The van der Waals surface area contributed by atoms with Crippen molar-refractivity contribution < 1.29 is 4.74 Å². The maximum absolute atomic E-state index is 5.36. The van der Waals surface area contributed by atoms with Gasteiger partial charge in [0.05, 0.1) is 25.7 Å². The molecule has 0 aliphatic rings. The summed E-state index contributed by atoms with van der Waals surface area (Å²) in [6.07, 6.45) is 10.8. The molecule has 4 aromatic rings. The molecule has 0 unspecified atom stereocenters. The lowest BCUT2D eigenvalue weighted by molar-refractivity contribution is 0.414. The van der Waals surface area contributed by atoms with Crippen LogP contribution in [0.15, 0.2) is 49.3 Å². The van der Waals surface area contributed by atoms with E-state index in [0.29, 0.717) is 5.75 Å². The molecular weight excluding hydrogens is 407 g/mol. The van der Waals surface area contributed by atoms with E-state index in [9.17, 15) is 0 Å². The van der Waals surface area contributed by atoms with Crippen LogP contribution in [0.4, 0.5) is 0 Å². The van der Waals surface area contributed by atoms with E-state index in [1.165, 1.54) is 0 Å². The number of methoxy groups -OCH3 is 1. The number of hydrogen-bond acceptors (Lipinski definition) is 5. The van der Waals surface area contributed by atoms with Gasteiger partial charge in [-0.1, -0.05) is 0 Å². The van der Waals surface area contributed by atoms with Gasteiger partial charge in [-0.3, -0.25) is 4.98 Å². The minimum Gasteiger partial charge on any atom is -0.494 e. The van der Waals surface area contributed by atoms with E-state index in [0.717, 1.165) is 26.2 Å². The molecule has 0 aliphatic heterocycles. The number of rotatable bonds is 3. The first-order valence-electron chi connectivity index (χ1n) is 6.79. The molecule has 0 atom stereocenters. The van der Waals surface area contributed by atoms with Crippen LogP contribution in [0.2, 0.25) is 0 Å². The molecule has 114 valence electrons. The average molecular weight is 418 g/mol. The van der Waals surface area contributed by atoms with Gasteiger partial charge in [0, 0.05) is 29.7 Å². The lowest BCUT2D eigenvalue weighted by Gasteiger charge is -2.04. The minimum atomic E-state index is 0.708. The molecule has 0 fully saturated rings. The molecule has 0 aliphatic carbocycles. The van der Waals surface area contributed by atoms with E-state index < -0.39 is 0 Å². The predicted octanol–water partition coefficient (Wildman–Crippen LogP) is 2.59. The smallest absolute Gasteiger partial charge is 0.182 e. The Morgan fingerprint density at radius 1 is 1.13 bits per heavy atom. The highest BCUT2D eigenvalue weighted by Crippen LogP contribution is 2.29. The first-order chi connectivity index (χ1) is 11.3. The first-order valence-corrected chi connectivity index (χ1v) is 7.87. The highest BCUT2D eigenvalue weighted by atomic mass is 127. The molecule has 0 amide bonds. The summed E-state index contributed by atoms with van der Waals surface area (Å²) in [6.45, 7) is 0. The van der Waals surface area contributed by atoms with Crippen LogP contribution in [0.5, 0.6) is 5.75 Å². The molecule has 4 rings (SSSR count). The molecule has 4 aromatic heterocycles. The van der Waals surface area contributed by atoms with Crippen LogP contribution in [0.1, 0.15) is 0 Å². The van der Waals surface area contributed by atoms with Gasteiger partial charge in [0.1, 0.15) is 15.1 Å². The van der Waals surface area contributed by atoms with Gasteiger partial charge < -0.3 is 4.74 Å². The Morgan fingerprint density at radius 2 is 2.04 bits per heavy atom. The highest BCUT2D eigenvalue weighted by molar-refractivity contribution is 14.1. The fourth-order valence-corrected chi connectivity index (χ4v) is 2.76.